The Morgan fingerprint density at radius 2 is 2.00 bits per heavy atom. The van der Waals surface area contributed by atoms with E-state index in [-0.39, 0.29) is 5.54 Å². The predicted molar refractivity (Wildman–Crippen MR) is 73.2 cm³/mol. The van der Waals surface area contributed by atoms with Gasteiger partial charge >= 0.3 is 0 Å². The summed E-state index contributed by atoms with van der Waals surface area (Å²) in [6.07, 6.45) is 1.98. The molecule has 0 radical (unpaired) electrons. The Kier molecular flexibility index (Phi) is 3.90. The minimum atomic E-state index is -0.586. The van der Waals surface area contributed by atoms with Crippen molar-refractivity contribution >= 4 is 22.6 Å². The molecule has 1 aromatic carbocycles. The first-order valence-corrected chi connectivity index (χ1v) is 6.95. The van der Waals surface area contributed by atoms with Crippen LogP contribution in [-0.4, -0.2) is 16.5 Å². The second-order valence-electron chi connectivity index (χ2n) is 4.65. The van der Waals surface area contributed by atoms with E-state index in [9.17, 15) is 8.78 Å². The molecule has 18 heavy (non-hydrogen) atoms. The summed E-state index contributed by atoms with van der Waals surface area (Å²) in [6, 6.07) is 3.39. The van der Waals surface area contributed by atoms with Crippen molar-refractivity contribution in [1.82, 2.24) is 0 Å². The molecule has 0 aromatic heterocycles. The highest BCUT2D eigenvalue weighted by atomic mass is 32.2. The van der Waals surface area contributed by atoms with Crippen LogP contribution in [0.1, 0.15) is 26.7 Å². The number of anilines is 1. The molecular formula is C13H16F2N2S. The van der Waals surface area contributed by atoms with E-state index in [0.717, 1.165) is 29.8 Å². The van der Waals surface area contributed by atoms with Gasteiger partial charge in [-0.1, -0.05) is 18.7 Å². The lowest BCUT2D eigenvalue weighted by atomic mass is 9.97. The van der Waals surface area contributed by atoms with Gasteiger partial charge in [-0.3, -0.25) is 4.99 Å². The molecule has 1 aliphatic heterocycles. The summed E-state index contributed by atoms with van der Waals surface area (Å²) in [4.78, 5) is 4.61. The number of amidine groups is 1. The van der Waals surface area contributed by atoms with E-state index in [1.165, 1.54) is 12.1 Å². The number of aliphatic imine (C=N–C) groups is 1. The summed E-state index contributed by atoms with van der Waals surface area (Å²) in [5.74, 6) is -0.206. The summed E-state index contributed by atoms with van der Waals surface area (Å²) in [5.41, 5.74) is 0.332. The second-order valence-corrected chi connectivity index (χ2v) is 5.73. The Bertz CT molecular complexity index is 456. The van der Waals surface area contributed by atoms with Gasteiger partial charge in [0.15, 0.2) is 5.17 Å². The Labute approximate surface area is 110 Å². The number of benzene rings is 1. The van der Waals surface area contributed by atoms with Crippen LogP contribution in [0.2, 0.25) is 0 Å². The van der Waals surface area contributed by atoms with E-state index >= 15 is 0 Å². The predicted octanol–water partition coefficient (Wildman–Crippen LogP) is 4.04. The first kappa shape index (κ1) is 13.3. The van der Waals surface area contributed by atoms with Gasteiger partial charge in [-0.05, 0) is 31.9 Å². The third kappa shape index (κ3) is 3.22. The van der Waals surface area contributed by atoms with Gasteiger partial charge in [-0.25, -0.2) is 8.78 Å². The highest BCUT2D eigenvalue weighted by Gasteiger charge is 2.25. The maximum Gasteiger partial charge on any atom is 0.161 e. The van der Waals surface area contributed by atoms with Crippen LogP contribution in [-0.2, 0) is 0 Å². The lowest BCUT2D eigenvalue weighted by Gasteiger charge is -2.29. The average molecular weight is 270 g/mol. The molecular weight excluding hydrogens is 254 g/mol. The summed E-state index contributed by atoms with van der Waals surface area (Å²) >= 11 is 1.58. The molecule has 2 rings (SSSR count). The molecule has 0 bridgehead atoms. The average Bonchev–Trinajstić information content (AvgIpc) is 2.27. The summed E-state index contributed by atoms with van der Waals surface area (Å²) in [5, 5.41) is 3.72. The largest absolute Gasteiger partial charge is 0.335 e. The van der Waals surface area contributed by atoms with Crippen molar-refractivity contribution in [3.63, 3.8) is 0 Å². The van der Waals surface area contributed by atoms with Crippen LogP contribution in [0.15, 0.2) is 23.2 Å². The standard InChI is InChI=1S/C13H16F2N2S/c1-3-13(2)4-5-18-12(17-13)16-11-7-9(14)6-10(15)8-11/h6-8H,3-5H2,1-2H3,(H,16,17). The van der Waals surface area contributed by atoms with Gasteiger partial charge in [0.2, 0.25) is 0 Å². The Balaban J connectivity index is 2.18. The molecule has 0 fully saturated rings. The smallest absolute Gasteiger partial charge is 0.161 e. The van der Waals surface area contributed by atoms with Crippen molar-refractivity contribution in [3.05, 3.63) is 29.8 Å². The highest BCUT2D eigenvalue weighted by molar-refractivity contribution is 8.14. The van der Waals surface area contributed by atoms with E-state index in [4.69, 9.17) is 0 Å². The van der Waals surface area contributed by atoms with Crippen molar-refractivity contribution in [1.29, 1.82) is 0 Å². The number of nitrogens with zero attached hydrogens (tertiary/aromatic N) is 1. The molecule has 1 unspecified atom stereocenters. The van der Waals surface area contributed by atoms with Crippen molar-refractivity contribution in [2.75, 3.05) is 11.1 Å². The van der Waals surface area contributed by atoms with Crippen molar-refractivity contribution in [2.24, 2.45) is 4.99 Å². The molecule has 1 aliphatic rings. The number of thioether (sulfide) groups is 1. The van der Waals surface area contributed by atoms with Crippen molar-refractivity contribution < 1.29 is 8.78 Å². The minimum Gasteiger partial charge on any atom is -0.335 e. The van der Waals surface area contributed by atoms with Crippen LogP contribution < -0.4 is 5.32 Å². The van der Waals surface area contributed by atoms with Gasteiger partial charge < -0.3 is 5.32 Å². The number of nitrogens with one attached hydrogen (secondary N) is 1. The SMILES string of the molecule is CCC1(C)CCSC(Nc2cc(F)cc(F)c2)=N1. The zero-order valence-corrected chi connectivity index (χ0v) is 11.3. The number of halogens is 2. The minimum absolute atomic E-state index is 0.0700. The summed E-state index contributed by atoms with van der Waals surface area (Å²) in [7, 11) is 0. The summed E-state index contributed by atoms with van der Waals surface area (Å²) < 4.78 is 26.1. The molecule has 0 amide bonds. The van der Waals surface area contributed by atoms with Crippen molar-refractivity contribution in [2.45, 2.75) is 32.2 Å². The van der Waals surface area contributed by atoms with Crippen LogP contribution in [0.4, 0.5) is 14.5 Å². The van der Waals surface area contributed by atoms with Gasteiger partial charge in [0.05, 0.1) is 5.54 Å². The molecule has 5 heteroatoms. The number of hydrogen-bond acceptors (Lipinski definition) is 3. The molecule has 0 saturated heterocycles. The van der Waals surface area contributed by atoms with Gasteiger partial charge in [0.25, 0.3) is 0 Å². The fourth-order valence-electron chi connectivity index (χ4n) is 1.77. The van der Waals surface area contributed by atoms with Crippen LogP contribution in [0.25, 0.3) is 0 Å². The van der Waals surface area contributed by atoms with Crippen LogP contribution in [0, 0.1) is 11.6 Å². The van der Waals surface area contributed by atoms with E-state index in [0.29, 0.717) is 5.69 Å². The maximum absolute atomic E-state index is 13.1. The lowest BCUT2D eigenvalue weighted by molar-refractivity contribution is 0.443. The zero-order valence-electron chi connectivity index (χ0n) is 10.5. The van der Waals surface area contributed by atoms with Gasteiger partial charge in [-0.15, -0.1) is 0 Å². The number of hydrogen-bond donors (Lipinski definition) is 1. The molecule has 0 saturated carbocycles. The normalized spacial score (nSPS) is 23.7. The third-order valence-electron chi connectivity index (χ3n) is 3.13. The monoisotopic (exact) mass is 270 g/mol. The topological polar surface area (TPSA) is 24.4 Å². The summed E-state index contributed by atoms with van der Waals surface area (Å²) in [6.45, 7) is 4.19. The molecule has 1 heterocycles. The first-order valence-electron chi connectivity index (χ1n) is 5.96. The van der Waals surface area contributed by atoms with E-state index in [1.54, 1.807) is 11.8 Å². The Morgan fingerprint density at radius 1 is 1.33 bits per heavy atom. The zero-order chi connectivity index (χ0) is 13.2. The fourth-order valence-corrected chi connectivity index (χ4v) is 2.98. The van der Waals surface area contributed by atoms with Crippen LogP contribution >= 0.6 is 11.8 Å². The molecule has 1 atom stereocenters. The fraction of sp³-hybridized carbons (Fsp3) is 0.462. The third-order valence-corrected chi connectivity index (χ3v) is 4.00. The van der Waals surface area contributed by atoms with Gasteiger partial charge in [-0.2, -0.15) is 0 Å². The Morgan fingerprint density at radius 3 is 2.61 bits per heavy atom. The van der Waals surface area contributed by atoms with Gasteiger partial charge in [0.1, 0.15) is 11.6 Å². The lowest BCUT2D eigenvalue weighted by Crippen LogP contribution is -2.29. The first-order chi connectivity index (χ1) is 8.50. The maximum atomic E-state index is 13.1. The second kappa shape index (κ2) is 5.26. The van der Waals surface area contributed by atoms with E-state index in [2.05, 4.69) is 24.2 Å². The molecule has 2 nitrogen and oxygen atoms in total. The van der Waals surface area contributed by atoms with Gasteiger partial charge in [0, 0.05) is 17.5 Å². The van der Waals surface area contributed by atoms with E-state index < -0.39 is 11.6 Å². The van der Waals surface area contributed by atoms with E-state index in [1.807, 2.05) is 0 Å². The molecule has 0 aliphatic carbocycles. The number of rotatable bonds is 2. The highest BCUT2D eigenvalue weighted by Crippen LogP contribution is 2.29. The molecule has 1 N–H and O–H groups in total. The Hall–Kier alpha value is -1.10. The molecule has 0 spiro atoms. The van der Waals surface area contributed by atoms with Crippen LogP contribution in [0.3, 0.4) is 0 Å². The van der Waals surface area contributed by atoms with Crippen molar-refractivity contribution in [3.8, 4) is 0 Å². The van der Waals surface area contributed by atoms with Crippen LogP contribution in [0.5, 0.6) is 0 Å². The molecule has 98 valence electrons. The quantitative estimate of drug-likeness (QED) is 0.877. The molecule has 1 aromatic rings.